The number of ether oxygens (including phenoxy) is 1. The van der Waals surface area contributed by atoms with Crippen LogP contribution < -0.4 is 4.74 Å². The van der Waals surface area contributed by atoms with E-state index < -0.39 is 23.7 Å². The fourth-order valence-corrected chi connectivity index (χ4v) is 4.61. The molecule has 34 heavy (non-hydrogen) atoms. The number of carbonyl (C=O) groups excluding carboxylic acids is 1. The minimum Gasteiger partial charge on any atom is -0.472 e. The van der Waals surface area contributed by atoms with Crippen LogP contribution in [0.15, 0.2) is 49.1 Å². The minimum atomic E-state index is -4.48. The van der Waals surface area contributed by atoms with Crippen molar-refractivity contribution in [2.45, 2.75) is 37.6 Å². The molecular weight excluding hydrogens is 454 g/mol. The molecule has 2 saturated heterocycles. The van der Waals surface area contributed by atoms with Gasteiger partial charge in [-0.3, -0.25) is 9.78 Å². The first-order chi connectivity index (χ1) is 16.3. The van der Waals surface area contributed by atoms with Gasteiger partial charge in [0.15, 0.2) is 11.6 Å². The second kappa shape index (κ2) is 8.62. The Morgan fingerprint density at radius 3 is 2.50 bits per heavy atom. The van der Waals surface area contributed by atoms with Crippen molar-refractivity contribution in [2.24, 2.45) is 5.92 Å². The van der Waals surface area contributed by atoms with Gasteiger partial charge in [0.05, 0.1) is 29.6 Å². The SMILES string of the molecule is O=C(c1cccnc1-c1ncc(F)cn1)N1CC2CCC1C(Oc1ccc(C(F)(F)F)cn1)C2. The van der Waals surface area contributed by atoms with Gasteiger partial charge in [-0.2, -0.15) is 13.2 Å². The molecule has 3 fully saturated rings. The molecule has 7 nitrogen and oxygen atoms in total. The summed E-state index contributed by atoms with van der Waals surface area (Å²) in [6.07, 6.45) is 1.69. The lowest BCUT2D eigenvalue weighted by atomic mass is 9.77. The van der Waals surface area contributed by atoms with Crippen molar-refractivity contribution in [3.63, 3.8) is 0 Å². The van der Waals surface area contributed by atoms with E-state index in [2.05, 4.69) is 19.9 Å². The Bertz CT molecular complexity index is 1190. The summed E-state index contributed by atoms with van der Waals surface area (Å²) >= 11 is 0. The summed E-state index contributed by atoms with van der Waals surface area (Å²) in [4.78, 5) is 31.2. The lowest BCUT2D eigenvalue weighted by Crippen LogP contribution is -2.59. The van der Waals surface area contributed by atoms with Crippen molar-refractivity contribution in [1.29, 1.82) is 0 Å². The molecule has 11 heteroatoms. The smallest absolute Gasteiger partial charge is 0.417 e. The molecule has 3 aromatic rings. The number of fused-ring (bicyclic) bond motifs is 3. The van der Waals surface area contributed by atoms with E-state index in [1.807, 2.05) is 0 Å². The number of nitrogens with zero attached hydrogens (tertiary/aromatic N) is 5. The van der Waals surface area contributed by atoms with Crippen molar-refractivity contribution in [1.82, 2.24) is 24.8 Å². The van der Waals surface area contributed by atoms with E-state index in [0.29, 0.717) is 19.4 Å². The molecule has 3 unspecified atom stereocenters. The Balaban J connectivity index is 1.38. The van der Waals surface area contributed by atoms with Crippen molar-refractivity contribution in [3.8, 4) is 17.4 Å². The highest BCUT2D eigenvalue weighted by Gasteiger charge is 2.45. The molecule has 0 aromatic carbocycles. The molecule has 2 aliphatic heterocycles. The lowest BCUT2D eigenvalue weighted by Gasteiger charge is -2.49. The van der Waals surface area contributed by atoms with Crippen LogP contribution in [0.3, 0.4) is 0 Å². The third-order valence-corrected chi connectivity index (χ3v) is 6.19. The Hall–Kier alpha value is -3.63. The Kier molecular flexibility index (Phi) is 5.62. The average molecular weight is 473 g/mol. The van der Waals surface area contributed by atoms with Crippen LogP contribution in [0.2, 0.25) is 0 Å². The fraction of sp³-hybridized carbons (Fsp3) is 0.348. The maximum atomic E-state index is 13.6. The Morgan fingerprint density at radius 2 is 1.82 bits per heavy atom. The van der Waals surface area contributed by atoms with Crippen LogP contribution >= 0.6 is 0 Å². The highest BCUT2D eigenvalue weighted by molar-refractivity contribution is 5.99. The van der Waals surface area contributed by atoms with E-state index in [-0.39, 0.29) is 40.8 Å². The molecule has 0 radical (unpaired) electrons. The van der Waals surface area contributed by atoms with E-state index >= 15 is 0 Å². The van der Waals surface area contributed by atoms with E-state index in [9.17, 15) is 22.4 Å². The highest BCUT2D eigenvalue weighted by Crippen LogP contribution is 2.38. The minimum absolute atomic E-state index is 0.0831. The number of hydrogen-bond acceptors (Lipinski definition) is 6. The van der Waals surface area contributed by atoms with Gasteiger partial charge in [-0.15, -0.1) is 0 Å². The summed E-state index contributed by atoms with van der Waals surface area (Å²) in [6, 6.07) is 5.10. The van der Waals surface area contributed by atoms with Gasteiger partial charge in [-0.25, -0.2) is 19.3 Å². The first-order valence-electron chi connectivity index (χ1n) is 10.7. The van der Waals surface area contributed by atoms with Crippen molar-refractivity contribution < 1.29 is 27.1 Å². The van der Waals surface area contributed by atoms with Gasteiger partial charge in [0, 0.05) is 25.0 Å². The number of carbonyl (C=O) groups is 1. The summed E-state index contributed by atoms with van der Waals surface area (Å²) in [5.74, 6) is -0.471. The van der Waals surface area contributed by atoms with E-state index in [4.69, 9.17) is 4.74 Å². The van der Waals surface area contributed by atoms with Crippen LogP contribution in [-0.2, 0) is 6.18 Å². The van der Waals surface area contributed by atoms with Crippen molar-refractivity contribution in [2.75, 3.05) is 6.54 Å². The number of alkyl halides is 3. The second-order valence-corrected chi connectivity index (χ2v) is 8.37. The summed E-state index contributed by atoms with van der Waals surface area (Å²) in [5, 5.41) is 0. The van der Waals surface area contributed by atoms with Gasteiger partial charge < -0.3 is 9.64 Å². The number of halogens is 4. The molecule has 6 rings (SSSR count). The van der Waals surface area contributed by atoms with Crippen LogP contribution in [0.5, 0.6) is 5.88 Å². The van der Waals surface area contributed by atoms with Gasteiger partial charge in [0.2, 0.25) is 5.88 Å². The molecule has 3 aliphatic rings. The molecule has 3 atom stereocenters. The summed E-state index contributed by atoms with van der Waals surface area (Å²) in [5.41, 5.74) is -0.321. The molecule has 0 N–H and O–H groups in total. The van der Waals surface area contributed by atoms with Crippen LogP contribution in [0.25, 0.3) is 11.5 Å². The van der Waals surface area contributed by atoms with Gasteiger partial charge >= 0.3 is 6.18 Å². The molecule has 0 spiro atoms. The zero-order valence-electron chi connectivity index (χ0n) is 17.7. The molecule has 3 aromatic heterocycles. The zero-order valence-corrected chi connectivity index (χ0v) is 17.7. The third kappa shape index (κ3) is 4.29. The van der Waals surface area contributed by atoms with Gasteiger partial charge in [0.1, 0.15) is 11.8 Å². The van der Waals surface area contributed by atoms with Crippen LogP contribution in [0.4, 0.5) is 17.6 Å². The first-order valence-corrected chi connectivity index (χ1v) is 10.7. The first kappa shape index (κ1) is 22.2. The van der Waals surface area contributed by atoms with Crippen LogP contribution in [0.1, 0.15) is 35.2 Å². The van der Waals surface area contributed by atoms with Gasteiger partial charge in [0.25, 0.3) is 5.91 Å². The van der Waals surface area contributed by atoms with Gasteiger partial charge in [-0.1, -0.05) is 0 Å². The number of rotatable bonds is 4. The summed E-state index contributed by atoms with van der Waals surface area (Å²) in [6.45, 7) is 0.530. The summed E-state index contributed by atoms with van der Waals surface area (Å²) in [7, 11) is 0. The monoisotopic (exact) mass is 473 g/mol. The van der Waals surface area contributed by atoms with Gasteiger partial charge in [-0.05, 0) is 43.4 Å². The Labute approximate surface area is 191 Å². The fourth-order valence-electron chi connectivity index (χ4n) is 4.61. The second-order valence-electron chi connectivity index (χ2n) is 8.37. The average Bonchev–Trinajstić information content (AvgIpc) is 2.84. The van der Waals surface area contributed by atoms with Crippen molar-refractivity contribution >= 4 is 5.91 Å². The number of pyridine rings is 2. The van der Waals surface area contributed by atoms with Crippen molar-refractivity contribution in [3.05, 3.63) is 66.0 Å². The predicted molar refractivity (Wildman–Crippen MR) is 111 cm³/mol. The van der Waals surface area contributed by atoms with E-state index in [0.717, 1.165) is 31.1 Å². The zero-order chi connectivity index (χ0) is 23.9. The van der Waals surface area contributed by atoms with E-state index in [1.54, 1.807) is 17.0 Å². The molecule has 1 saturated carbocycles. The molecule has 2 bridgehead atoms. The largest absolute Gasteiger partial charge is 0.472 e. The molecule has 1 aliphatic carbocycles. The quantitative estimate of drug-likeness (QED) is 0.530. The topological polar surface area (TPSA) is 81.1 Å². The Morgan fingerprint density at radius 1 is 1.03 bits per heavy atom. The molecule has 176 valence electrons. The number of piperidine rings is 2. The summed E-state index contributed by atoms with van der Waals surface area (Å²) < 4.78 is 57.7. The molecular formula is C23H19F4N5O2. The third-order valence-electron chi connectivity index (χ3n) is 6.19. The lowest BCUT2D eigenvalue weighted by molar-refractivity contribution is -0.137. The number of amides is 1. The normalized spacial score (nSPS) is 22.0. The van der Waals surface area contributed by atoms with Crippen LogP contribution in [0, 0.1) is 11.7 Å². The standard InChI is InChI=1S/C23H19F4N5O2/c24-15-10-30-21(31-11-15)20-16(2-1-7-28-20)22(33)32-12-13-3-5-17(32)18(8-13)34-19-6-4-14(9-29-19)23(25,26)27/h1-2,4,6-7,9-11,13,17-18H,3,5,8,12H2. The maximum absolute atomic E-state index is 13.6. The number of hydrogen-bond donors (Lipinski definition) is 0. The number of aromatic nitrogens is 4. The highest BCUT2D eigenvalue weighted by atomic mass is 19.4. The molecule has 1 amide bonds. The van der Waals surface area contributed by atoms with E-state index in [1.165, 1.54) is 12.3 Å². The van der Waals surface area contributed by atoms with Crippen LogP contribution in [-0.4, -0.2) is 49.4 Å². The predicted octanol–water partition coefficient (Wildman–Crippen LogP) is 4.16. The molecule has 5 heterocycles. The maximum Gasteiger partial charge on any atom is 0.417 e.